The molecule has 20 heavy (non-hydrogen) atoms. The van der Waals surface area contributed by atoms with Gasteiger partial charge in [-0.05, 0) is 32.0 Å². The van der Waals surface area contributed by atoms with Crippen molar-refractivity contribution >= 4 is 27.4 Å². The van der Waals surface area contributed by atoms with Crippen LogP contribution in [0, 0.1) is 0 Å². The number of nitrogen functional groups attached to an aromatic ring is 1. The molecule has 112 valence electrons. The van der Waals surface area contributed by atoms with E-state index in [1.54, 1.807) is 13.8 Å². The van der Waals surface area contributed by atoms with Crippen LogP contribution in [-0.4, -0.2) is 37.8 Å². The molecule has 0 atom stereocenters. The second-order valence-electron chi connectivity index (χ2n) is 5.22. The first-order valence-electron chi connectivity index (χ1n) is 5.86. The lowest BCUT2D eigenvalue weighted by Gasteiger charge is -2.26. The van der Waals surface area contributed by atoms with Gasteiger partial charge in [0.25, 0.3) is 0 Å². The fourth-order valence-corrected chi connectivity index (χ4v) is 2.77. The van der Waals surface area contributed by atoms with Crippen molar-refractivity contribution in [2.75, 3.05) is 23.9 Å². The summed E-state index contributed by atoms with van der Waals surface area (Å²) in [5.41, 5.74) is 5.97. The Morgan fingerprint density at radius 1 is 1.40 bits per heavy atom. The highest BCUT2D eigenvalue weighted by Crippen LogP contribution is 2.21. The van der Waals surface area contributed by atoms with Crippen molar-refractivity contribution in [1.29, 1.82) is 0 Å². The Kier molecular flexibility index (Phi) is 4.61. The largest absolute Gasteiger partial charge is 0.478 e. The Balaban J connectivity index is 2.84. The van der Waals surface area contributed by atoms with E-state index in [2.05, 4.69) is 10.0 Å². The van der Waals surface area contributed by atoms with Gasteiger partial charge in [0.2, 0.25) is 10.0 Å². The summed E-state index contributed by atoms with van der Waals surface area (Å²) >= 11 is 0. The van der Waals surface area contributed by atoms with E-state index < -0.39 is 21.5 Å². The molecule has 5 N–H and O–H groups in total. The Hall–Kier alpha value is -1.80. The van der Waals surface area contributed by atoms with Crippen molar-refractivity contribution in [3.8, 4) is 0 Å². The van der Waals surface area contributed by atoms with Crippen LogP contribution < -0.4 is 15.8 Å². The third-order valence-corrected chi connectivity index (χ3v) is 3.41. The van der Waals surface area contributed by atoms with Gasteiger partial charge < -0.3 is 16.2 Å². The Morgan fingerprint density at radius 3 is 2.50 bits per heavy atom. The molecule has 0 aromatic heterocycles. The Morgan fingerprint density at radius 2 is 2.00 bits per heavy atom. The predicted molar refractivity (Wildman–Crippen MR) is 78.4 cm³/mol. The number of hydrogen-bond donors (Lipinski definition) is 4. The average Bonchev–Trinajstić information content (AvgIpc) is 2.24. The summed E-state index contributed by atoms with van der Waals surface area (Å²) in [4.78, 5) is 10.9. The van der Waals surface area contributed by atoms with E-state index in [0.717, 1.165) is 6.26 Å². The maximum Gasteiger partial charge on any atom is 0.335 e. The molecule has 0 fully saturated rings. The predicted octanol–water partition coefficient (Wildman–Crippen LogP) is 0.707. The number of carboxylic acids is 1. The summed E-state index contributed by atoms with van der Waals surface area (Å²) in [6.45, 7) is 3.67. The smallest absolute Gasteiger partial charge is 0.335 e. The molecule has 0 unspecified atom stereocenters. The van der Waals surface area contributed by atoms with Crippen molar-refractivity contribution in [1.82, 2.24) is 4.72 Å². The van der Waals surface area contributed by atoms with Crippen LogP contribution in [0.5, 0.6) is 0 Å². The van der Waals surface area contributed by atoms with Crippen LogP contribution in [0.3, 0.4) is 0 Å². The quantitative estimate of drug-likeness (QED) is 0.574. The standard InChI is InChI=1S/C12H19N3O4S/c1-12(2,15-20(3,18)19)7-14-10-6-8(11(16)17)4-5-9(10)13/h4-6,14-15H,7,13H2,1-3H3,(H,16,17). The molecule has 1 aromatic carbocycles. The topological polar surface area (TPSA) is 122 Å². The molecule has 0 heterocycles. The first-order valence-corrected chi connectivity index (χ1v) is 7.75. The van der Waals surface area contributed by atoms with E-state index in [1.165, 1.54) is 18.2 Å². The highest BCUT2D eigenvalue weighted by Gasteiger charge is 2.22. The molecule has 0 saturated carbocycles. The van der Waals surface area contributed by atoms with Gasteiger partial charge in [0.1, 0.15) is 0 Å². The maximum atomic E-state index is 11.2. The molecule has 0 saturated heterocycles. The summed E-state index contributed by atoms with van der Waals surface area (Å²) < 4.78 is 24.9. The lowest BCUT2D eigenvalue weighted by molar-refractivity contribution is 0.0697. The van der Waals surface area contributed by atoms with Crippen molar-refractivity contribution in [2.24, 2.45) is 0 Å². The second kappa shape index (κ2) is 5.68. The average molecular weight is 301 g/mol. The lowest BCUT2D eigenvalue weighted by Crippen LogP contribution is -2.47. The first kappa shape index (κ1) is 16.3. The van der Waals surface area contributed by atoms with E-state index in [1.807, 2.05) is 0 Å². The monoisotopic (exact) mass is 301 g/mol. The van der Waals surface area contributed by atoms with E-state index in [0.29, 0.717) is 11.4 Å². The summed E-state index contributed by atoms with van der Waals surface area (Å²) in [6, 6.07) is 4.31. The zero-order valence-corrected chi connectivity index (χ0v) is 12.4. The summed E-state index contributed by atoms with van der Waals surface area (Å²) in [5.74, 6) is -1.05. The van der Waals surface area contributed by atoms with E-state index in [4.69, 9.17) is 10.8 Å². The first-order chi connectivity index (χ1) is 9.00. The van der Waals surface area contributed by atoms with Gasteiger partial charge in [-0.15, -0.1) is 0 Å². The lowest BCUT2D eigenvalue weighted by atomic mass is 10.1. The maximum absolute atomic E-state index is 11.2. The number of nitrogens with two attached hydrogens (primary N) is 1. The third-order valence-electron chi connectivity index (χ3n) is 2.48. The van der Waals surface area contributed by atoms with Crippen molar-refractivity contribution in [3.63, 3.8) is 0 Å². The molecular weight excluding hydrogens is 282 g/mol. The van der Waals surface area contributed by atoms with Gasteiger partial charge in [-0.1, -0.05) is 0 Å². The molecule has 7 nitrogen and oxygen atoms in total. The summed E-state index contributed by atoms with van der Waals surface area (Å²) in [7, 11) is -3.33. The van der Waals surface area contributed by atoms with Gasteiger partial charge >= 0.3 is 5.97 Å². The molecule has 0 amide bonds. The number of carbonyl (C=O) groups is 1. The third kappa shape index (κ3) is 5.06. The number of sulfonamides is 1. The summed E-state index contributed by atoms with van der Waals surface area (Å²) in [5, 5.41) is 11.9. The zero-order chi connectivity index (χ0) is 15.6. The van der Waals surface area contributed by atoms with Crippen LogP contribution in [-0.2, 0) is 10.0 Å². The SMILES string of the molecule is CC(C)(CNc1cc(C(=O)O)ccc1N)NS(C)(=O)=O. The number of rotatable bonds is 6. The van der Waals surface area contributed by atoms with Gasteiger partial charge in [0.15, 0.2) is 0 Å². The number of nitrogens with one attached hydrogen (secondary N) is 2. The van der Waals surface area contributed by atoms with Gasteiger partial charge in [-0.3, -0.25) is 0 Å². The van der Waals surface area contributed by atoms with Crippen LogP contribution in [0.1, 0.15) is 24.2 Å². The van der Waals surface area contributed by atoms with E-state index in [9.17, 15) is 13.2 Å². The minimum absolute atomic E-state index is 0.107. The number of benzene rings is 1. The molecule has 8 heteroatoms. The van der Waals surface area contributed by atoms with Crippen LogP contribution >= 0.6 is 0 Å². The molecule has 0 radical (unpaired) electrons. The van der Waals surface area contributed by atoms with Crippen LogP contribution in [0.15, 0.2) is 18.2 Å². The van der Waals surface area contributed by atoms with Crippen molar-refractivity contribution in [2.45, 2.75) is 19.4 Å². The normalized spacial score (nSPS) is 12.2. The molecule has 0 aliphatic heterocycles. The molecule has 0 spiro atoms. The second-order valence-corrected chi connectivity index (χ2v) is 6.97. The number of anilines is 2. The molecule has 0 aliphatic carbocycles. The van der Waals surface area contributed by atoms with Gasteiger partial charge in [-0.2, -0.15) is 0 Å². The fraction of sp³-hybridized carbons (Fsp3) is 0.417. The minimum atomic E-state index is -3.33. The Labute approximate surface area is 118 Å². The molecule has 1 rings (SSSR count). The Bertz CT molecular complexity index is 611. The zero-order valence-electron chi connectivity index (χ0n) is 11.6. The van der Waals surface area contributed by atoms with Crippen molar-refractivity contribution in [3.05, 3.63) is 23.8 Å². The molecule has 1 aromatic rings. The number of aromatic carboxylic acids is 1. The fourth-order valence-electron chi connectivity index (χ4n) is 1.70. The number of carboxylic acid groups (broad SMARTS) is 1. The van der Waals surface area contributed by atoms with Gasteiger partial charge in [-0.25, -0.2) is 17.9 Å². The highest BCUT2D eigenvalue weighted by atomic mass is 32.2. The van der Waals surface area contributed by atoms with Gasteiger partial charge in [0, 0.05) is 12.1 Å². The van der Waals surface area contributed by atoms with Crippen LogP contribution in [0.4, 0.5) is 11.4 Å². The van der Waals surface area contributed by atoms with Crippen LogP contribution in [0.25, 0.3) is 0 Å². The van der Waals surface area contributed by atoms with Gasteiger partial charge in [0.05, 0.1) is 23.2 Å². The number of hydrogen-bond acceptors (Lipinski definition) is 5. The van der Waals surface area contributed by atoms with Crippen LogP contribution in [0.2, 0.25) is 0 Å². The molecular formula is C12H19N3O4S. The highest BCUT2D eigenvalue weighted by molar-refractivity contribution is 7.88. The van der Waals surface area contributed by atoms with E-state index in [-0.39, 0.29) is 12.1 Å². The summed E-state index contributed by atoms with van der Waals surface area (Å²) in [6.07, 6.45) is 1.08. The minimum Gasteiger partial charge on any atom is -0.478 e. The molecule has 0 aliphatic rings. The van der Waals surface area contributed by atoms with E-state index >= 15 is 0 Å². The van der Waals surface area contributed by atoms with Crippen molar-refractivity contribution < 1.29 is 18.3 Å². The molecule has 0 bridgehead atoms.